The van der Waals surface area contributed by atoms with E-state index in [-0.39, 0.29) is 19.0 Å². The Kier molecular flexibility index (Phi) is 6.30. The highest BCUT2D eigenvalue weighted by Gasteiger charge is 2.02. The first kappa shape index (κ1) is 14.0. The van der Waals surface area contributed by atoms with E-state index in [0.29, 0.717) is 6.54 Å². The summed E-state index contributed by atoms with van der Waals surface area (Å²) >= 11 is 0. The molecule has 5 nitrogen and oxygen atoms in total. The molecule has 0 aliphatic rings. The summed E-state index contributed by atoms with van der Waals surface area (Å²) in [5.41, 5.74) is 1.10. The van der Waals surface area contributed by atoms with E-state index < -0.39 is 0 Å². The number of methoxy groups -OCH3 is 1. The van der Waals surface area contributed by atoms with Gasteiger partial charge < -0.3 is 15.4 Å². The average molecular weight is 247 g/mol. The van der Waals surface area contributed by atoms with E-state index in [1.807, 2.05) is 30.3 Å². The van der Waals surface area contributed by atoms with Crippen LogP contribution in [0.4, 0.5) is 0 Å². The van der Waals surface area contributed by atoms with Gasteiger partial charge in [-0.3, -0.25) is 4.79 Å². The molecule has 0 aliphatic heterocycles. The zero-order valence-corrected chi connectivity index (χ0v) is 10.4. The largest absolute Gasteiger partial charge is 0.496 e. The molecule has 1 aromatic rings. The van der Waals surface area contributed by atoms with Crippen LogP contribution in [0.1, 0.15) is 5.56 Å². The average Bonchev–Trinajstić information content (AvgIpc) is 2.41. The van der Waals surface area contributed by atoms with Crippen molar-refractivity contribution in [2.45, 2.75) is 6.42 Å². The van der Waals surface area contributed by atoms with Gasteiger partial charge in [-0.25, -0.2) is 0 Å². The second-order valence-corrected chi connectivity index (χ2v) is 3.67. The molecule has 0 saturated heterocycles. The summed E-state index contributed by atoms with van der Waals surface area (Å²) in [6, 6.07) is 9.64. The Balaban J connectivity index is 2.25. The molecule has 18 heavy (non-hydrogen) atoms. The molecule has 5 heteroatoms. The van der Waals surface area contributed by atoms with Crippen LogP contribution >= 0.6 is 0 Å². The maximum atomic E-state index is 11.2. The Morgan fingerprint density at radius 1 is 1.44 bits per heavy atom. The Morgan fingerprint density at radius 2 is 2.22 bits per heavy atom. The summed E-state index contributed by atoms with van der Waals surface area (Å²) in [7, 11) is 1.64. The van der Waals surface area contributed by atoms with Gasteiger partial charge in [0.25, 0.3) is 0 Å². The molecular weight excluding hydrogens is 230 g/mol. The van der Waals surface area contributed by atoms with Crippen LogP contribution in [-0.4, -0.2) is 32.7 Å². The van der Waals surface area contributed by atoms with Gasteiger partial charge >= 0.3 is 0 Å². The lowest BCUT2D eigenvalue weighted by Gasteiger charge is -2.08. The molecule has 0 bridgehead atoms. The Morgan fingerprint density at radius 3 is 2.94 bits per heavy atom. The standard InChI is InChI=1S/C13H17N3O2/c1-18-12-5-3-2-4-11(12)6-8-15-10-13(17)16-9-7-14/h2-5,15H,6,8-10H2,1H3,(H,16,17). The number of nitrogens with zero attached hydrogens (tertiary/aromatic N) is 1. The highest BCUT2D eigenvalue weighted by molar-refractivity contribution is 5.78. The monoisotopic (exact) mass is 247 g/mol. The molecule has 0 aromatic heterocycles. The van der Waals surface area contributed by atoms with Crippen molar-refractivity contribution in [1.29, 1.82) is 5.26 Å². The zero-order valence-electron chi connectivity index (χ0n) is 10.4. The number of nitrogens with one attached hydrogen (secondary N) is 2. The highest BCUT2D eigenvalue weighted by atomic mass is 16.5. The SMILES string of the molecule is COc1ccccc1CCNCC(=O)NCC#N. The number of hydrogen-bond acceptors (Lipinski definition) is 4. The molecule has 0 unspecified atom stereocenters. The lowest BCUT2D eigenvalue weighted by molar-refractivity contribution is -0.120. The minimum Gasteiger partial charge on any atom is -0.496 e. The molecule has 0 saturated carbocycles. The van der Waals surface area contributed by atoms with Crippen LogP contribution in [0.15, 0.2) is 24.3 Å². The van der Waals surface area contributed by atoms with Gasteiger partial charge in [-0.1, -0.05) is 18.2 Å². The quantitative estimate of drug-likeness (QED) is 0.542. The summed E-state index contributed by atoms with van der Waals surface area (Å²) in [4.78, 5) is 11.2. The molecule has 0 fully saturated rings. The van der Waals surface area contributed by atoms with Gasteiger partial charge in [-0.15, -0.1) is 0 Å². The number of amides is 1. The van der Waals surface area contributed by atoms with Crippen LogP contribution in [-0.2, 0) is 11.2 Å². The third kappa shape index (κ3) is 4.85. The fourth-order valence-corrected chi connectivity index (χ4v) is 1.54. The van der Waals surface area contributed by atoms with Crippen LogP contribution in [0.3, 0.4) is 0 Å². The molecule has 0 radical (unpaired) electrons. The summed E-state index contributed by atoms with van der Waals surface area (Å²) in [5, 5.41) is 13.8. The number of carbonyl (C=O) groups is 1. The van der Waals surface area contributed by atoms with E-state index in [1.54, 1.807) is 7.11 Å². The van der Waals surface area contributed by atoms with Gasteiger partial charge in [-0.2, -0.15) is 5.26 Å². The Labute approximate surface area is 107 Å². The van der Waals surface area contributed by atoms with Crippen molar-refractivity contribution >= 4 is 5.91 Å². The van der Waals surface area contributed by atoms with Crippen LogP contribution in [0.25, 0.3) is 0 Å². The fourth-order valence-electron chi connectivity index (χ4n) is 1.54. The molecular formula is C13H17N3O2. The summed E-state index contributed by atoms with van der Waals surface area (Å²) in [6.07, 6.45) is 0.787. The van der Waals surface area contributed by atoms with Gasteiger partial charge in [-0.05, 0) is 24.6 Å². The van der Waals surface area contributed by atoms with E-state index in [4.69, 9.17) is 10.00 Å². The van der Waals surface area contributed by atoms with Crippen LogP contribution in [0.5, 0.6) is 5.75 Å². The summed E-state index contributed by atoms with van der Waals surface area (Å²) in [5.74, 6) is 0.685. The summed E-state index contributed by atoms with van der Waals surface area (Å²) in [6.45, 7) is 0.949. The van der Waals surface area contributed by atoms with Crippen LogP contribution < -0.4 is 15.4 Å². The van der Waals surface area contributed by atoms with Crippen molar-refractivity contribution in [3.05, 3.63) is 29.8 Å². The number of hydrogen-bond donors (Lipinski definition) is 2. The van der Waals surface area contributed by atoms with Crippen molar-refractivity contribution in [3.63, 3.8) is 0 Å². The molecule has 1 aromatic carbocycles. The molecule has 0 heterocycles. The maximum absolute atomic E-state index is 11.2. The lowest BCUT2D eigenvalue weighted by Crippen LogP contribution is -2.34. The molecule has 1 amide bonds. The Bertz CT molecular complexity index is 426. The molecule has 0 atom stereocenters. The van der Waals surface area contributed by atoms with E-state index >= 15 is 0 Å². The molecule has 0 aliphatic carbocycles. The third-order valence-electron chi connectivity index (χ3n) is 2.41. The number of nitriles is 1. The lowest BCUT2D eigenvalue weighted by atomic mass is 10.1. The molecule has 0 spiro atoms. The number of para-hydroxylation sites is 1. The van der Waals surface area contributed by atoms with E-state index in [1.165, 1.54) is 0 Å². The first-order valence-corrected chi connectivity index (χ1v) is 5.74. The van der Waals surface area contributed by atoms with Crippen molar-refractivity contribution < 1.29 is 9.53 Å². The normalized spacial score (nSPS) is 9.56. The number of rotatable bonds is 7. The van der Waals surface area contributed by atoms with Crippen molar-refractivity contribution in [2.75, 3.05) is 26.7 Å². The minimum absolute atomic E-state index is 0.0486. The van der Waals surface area contributed by atoms with Crippen LogP contribution in [0.2, 0.25) is 0 Å². The van der Waals surface area contributed by atoms with Gasteiger partial charge in [0.2, 0.25) is 5.91 Å². The second-order valence-electron chi connectivity index (χ2n) is 3.67. The predicted octanol–water partition coefficient (Wildman–Crippen LogP) is 0.467. The topological polar surface area (TPSA) is 74.2 Å². The van der Waals surface area contributed by atoms with Crippen molar-refractivity contribution in [3.8, 4) is 11.8 Å². The first-order chi connectivity index (χ1) is 8.77. The van der Waals surface area contributed by atoms with E-state index in [2.05, 4.69) is 10.6 Å². The molecule has 2 N–H and O–H groups in total. The smallest absolute Gasteiger partial charge is 0.234 e. The van der Waals surface area contributed by atoms with E-state index in [0.717, 1.165) is 17.7 Å². The zero-order chi connectivity index (χ0) is 13.2. The number of ether oxygens (including phenoxy) is 1. The number of carbonyl (C=O) groups excluding carboxylic acids is 1. The van der Waals surface area contributed by atoms with Gasteiger partial charge in [0.1, 0.15) is 12.3 Å². The summed E-state index contributed by atoms with van der Waals surface area (Å²) < 4.78 is 5.23. The molecule has 96 valence electrons. The fraction of sp³-hybridized carbons (Fsp3) is 0.385. The van der Waals surface area contributed by atoms with Gasteiger partial charge in [0.15, 0.2) is 0 Å². The predicted molar refractivity (Wildman–Crippen MR) is 68.2 cm³/mol. The second kappa shape index (κ2) is 8.09. The van der Waals surface area contributed by atoms with Crippen molar-refractivity contribution in [1.82, 2.24) is 10.6 Å². The maximum Gasteiger partial charge on any atom is 0.234 e. The molecule has 1 rings (SSSR count). The first-order valence-electron chi connectivity index (χ1n) is 5.74. The van der Waals surface area contributed by atoms with Gasteiger partial charge in [0.05, 0.1) is 19.7 Å². The minimum atomic E-state index is -0.170. The van der Waals surface area contributed by atoms with Gasteiger partial charge in [0, 0.05) is 0 Å². The highest BCUT2D eigenvalue weighted by Crippen LogP contribution is 2.16. The van der Waals surface area contributed by atoms with Crippen molar-refractivity contribution in [2.24, 2.45) is 0 Å². The van der Waals surface area contributed by atoms with E-state index in [9.17, 15) is 4.79 Å². The number of benzene rings is 1. The third-order valence-corrected chi connectivity index (χ3v) is 2.41. The Hall–Kier alpha value is -2.06. The van der Waals surface area contributed by atoms with Crippen LogP contribution in [0, 0.1) is 11.3 Å².